The number of hydrogen-bond acceptors (Lipinski definition) is 4. The number of aryl methyl sites for hydroxylation is 1. The fourth-order valence-electron chi connectivity index (χ4n) is 2.15. The number of rotatable bonds is 2. The number of fused-ring (bicyclic) bond motifs is 1. The third-order valence-corrected chi connectivity index (χ3v) is 4.95. The molecule has 0 atom stereocenters. The van der Waals surface area contributed by atoms with Crippen molar-refractivity contribution in [3.8, 4) is 0 Å². The predicted octanol–water partition coefficient (Wildman–Crippen LogP) is 3.79. The number of benzene rings is 2. The van der Waals surface area contributed by atoms with E-state index in [-0.39, 0.29) is 11.3 Å². The van der Waals surface area contributed by atoms with Gasteiger partial charge in [0.05, 0.1) is 20.7 Å². The minimum absolute atomic E-state index is 0.0406. The van der Waals surface area contributed by atoms with Crippen molar-refractivity contribution in [1.82, 2.24) is 4.57 Å². The first-order valence-electron chi connectivity index (χ1n) is 6.65. The van der Waals surface area contributed by atoms with E-state index in [9.17, 15) is 19.3 Å². The van der Waals surface area contributed by atoms with Crippen molar-refractivity contribution in [2.24, 2.45) is 12.0 Å². The Balaban J connectivity index is 2.11. The monoisotopic (exact) mass is 409 g/mol. The number of hydrogen-bond donors (Lipinski definition) is 0. The molecule has 24 heavy (non-hydrogen) atoms. The van der Waals surface area contributed by atoms with Gasteiger partial charge >= 0.3 is 0 Å². The summed E-state index contributed by atoms with van der Waals surface area (Å²) in [5.74, 6) is -1.38. The van der Waals surface area contributed by atoms with Crippen LogP contribution in [0.4, 0.5) is 10.1 Å². The molecular formula is C15H9BrFN3O3S. The van der Waals surface area contributed by atoms with Crippen LogP contribution in [0.15, 0.2) is 45.9 Å². The molecule has 1 aromatic heterocycles. The van der Waals surface area contributed by atoms with Crippen molar-refractivity contribution < 1.29 is 14.1 Å². The predicted molar refractivity (Wildman–Crippen MR) is 91.4 cm³/mol. The molecule has 0 aliphatic heterocycles. The molecule has 1 amide bonds. The van der Waals surface area contributed by atoms with Crippen LogP contribution in [0.2, 0.25) is 0 Å². The number of thiazole rings is 1. The number of nitrogens with zero attached hydrogens (tertiary/aromatic N) is 3. The summed E-state index contributed by atoms with van der Waals surface area (Å²) < 4.78 is 16.6. The van der Waals surface area contributed by atoms with Crippen molar-refractivity contribution in [2.45, 2.75) is 0 Å². The molecule has 0 unspecified atom stereocenters. The van der Waals surface area contributed by atoms with Gasteiger partial charge in [0.25, 0.3) is 11.6 Å². The lowest BCUT2D eigenvalue weighted by molar-refractivity contribution is -0.384. The van der Waals surface area contributed by atoms with Crippen molar-refractivity contribution in [3.05, 3.63) is 67.2 Å². The molecule has 9 heteroatoms. The van der Waals surface area contributed by atoms with Gasteiger partial charge in [-0.15, -0.1) is 0 Å². The second-order valence-electron chi connectivity index (χ2n) is 4.89. The molecule has 6 nitrogen and oxygen atoms in total. The third-order valence-electron chi connectivity index (χ3n) is 3.36. The third kappa shape index (κ3) is 3.00. The Morgan fingerprint density at radius 2 is 2.08 bits per heavy atom. The average Bonchev–Trinajstić information content (AvgIpc) is 2.82. The van der Waals surface area contributed by atoms with Gasteiger partial charge in [0.2, 0.25) is 0 Å². The molecule has 0 N–H and O–H groups in total. The summed E-state index contributed by atoms with van der Waals surface area (Å²) in [5.41, 5.74) is 0.524. The molecule has 3 rings (SSSR count). The summed E-state index contributed by atoms with van der Waals surface area (Å²) in [6, 6.07) is 8.49. The van der Waals surface area contributed by atoms with E-state index in [0.717, 1.165) is 11.3 Å². The second-order valence-corrected chi connectivity index (χ2v) is 6.82. The van der Waals surface area contributed by atoms with Crippen molar-refractivity contribution in [1.29, 1.82) is 0 Å². The molecule has 0 spiro atoms. The second kappa shape index (κ2) is 6.25. The van der Waals surface area contributed by atoms with Crippen molar-refractivity contribution in [2.75, 3.05) is 0 Å². The van der Waals surface area contributed by atoms with Gasteiger partial charge in [0.15, 0.2) is 4.80 Å². The van der Waals surface area contributed by atoms with Crippen LogP contribution in [-0.2, 0) is 7.05 Å². The first-order chi connectivity index (χ1) is 11.4. The van der Waals surface area contributed by atoms with Gasteiger partial charge in [0.1, 0.15) is 5.82 Å². The smallest absolute Gasteiger partial charge is 0.282 e. The van der Waals surface area contributed by atoms with E-state index in [1.165, 1.54) is 24.3 Å². The quantitative estimate of drug-likeness (QED) is 0.477. The number of non-ortho nitro benzene ring substituents is 1. The largest absolute Gasteiger partial charge is 0.319 e. The van der Waals surface area contributed by atoms with Gasteiger partial charge in [-0.3, -0.25) is 14.9 Å². The van der Waals surface area contributed by atoms with Crippen LogP contribution < -0.4 is 4.80 Å². The maximum Gasteiger partial charge on any atom is 0.282 e. The Morgan fingerprint density at radius 1 is 1.33 bits per heavy atom. The number of carbonyl (C=O) groups excluding carboxylic acids is 1. The zero-order valence-electron chi connectivity index (χ0n) is 12.2. The minimum Gasteiger partial charge on any atom is -0.319 e. The van der Waals surface area contributed by atoms with Crippen LogP contribution >= 0.6 is 27.3 Å². The zero-order valence-corrected chi connectivity index (χ0v) is 14.6. The van der Waals surface area contributed by atoms with Crippen LogP contribution in [0.1, 0.15) is 10.4 Å². The summed E-state index contributed by atoms with van der Waals surface area (Å²) >= 11 is 4.25. The maximum atomic E-state index is 13.9. The summed E-state index contributed by atoms with van der Waals surface area (Å²) in [6.45, 7) is 0. The average molecular weight is 410 g/mol. The van der Waals surface area contributed by atoms with Crippen molar-refractivity contribution >= 4 is 49.1 Å². The Hall–Kier alpha value is -2.39. The lowest BCUT2D eigenvalue weighted by atomic mass is 10.2. The summed E-state index contributed by atoms with van der Waals surface area (Å²) in [7, 11) is 1.69. The molecule has 0 aliphatic carbocycles. The lowest BCUT2D eigenvalue weighted by Gasteiger charge is -1.99. The van der Waals surface area contributed by atoms with Gasteiger partial charge in [-0.2, -0.15) is 4.99 Å². The van der Waals surface area contributed by atoms with Gasteiger partial charge in [-0.05, 0) is 24.3 Å². The highest BCUT2D eigenvalue weighted by Crippen LogP contribution is 2.23. The summed E-state index contributed by atoms with van der Waals surface area (Å²) in [5, 5.41) is 10.8. The van der Waals surface area contributed by atoms with E-state index in [2.05, 4.69) is 20.9 Å². The highest BCUT2D eigenvalue weighted by atomic mass is 79.9. The number of halogens is 2. The first-order valence-corrected chi connectivity index (χ1v) is 8.26. The Kier molecular flexibility index (Phi) is 4.29. The molecule has 3 aromatic rings. The number of amides is 1. The Morgan fingerprint density at radius 3 is 2.75 bits per heavy atom. The first kappa shape index (κ1) is 16.5. The fourth-order valence-corrected chi connectivity index (χ4v) is 3.54. The normalized spacial score (nSPS) is 11.9. The van der Waals surface area contributed by atoms with Gasteiger partial charge in [-0.1, -0.05) is 27.3 Å². The maximum absolute atomic E-state index is 13.9. The van der Waals surface area contributed by atoms with E-state index in [0.29, 0.717) is 19.5 Å². The van der Waals surface area contributed by atoms with Gasteiger partial charge in [0, 0.05) is 23.7 Å². The van der Waals surface area contributed by atoms with Crippen LogP contribution in [0, 0.1) is 15.9 Å². The zero-order chi connectivity index (χ0) is 17.4. The van der Waals surface area contributed by atoms with Crippen LogP contribution in [0.3, 0.4) is 0 Å². The minimum atomic E-state index is -0.711. The fraction of sp³-hybridized carbons (Fsp3) is 0.0667. The van der Waals surface area contributed by atoms with E-state index < -0.39 is 16.6 Å². The van der Waals surface area contributed by atoms with Gasteiger partial charge in [-0.25, -0.2) is 4.39 Å². The SMILES string of the molecule is Cn1c(=NC(=O)c2ccc(Br)cc2F)sc2cc([N+](=O)[O-])ccc21. The molecule has 0 fully saturated rings. The number of nitro benzene ring substituents is 1. The standard InChI is InChI=1S/C15H9BrFN3O3S/c1-19-12-5-3-9(20(22)23)7-13(12)24-15(19)18-14(21)10-4-2-8(16)6-11(10)17/h2-7H,1H3. The number of nitro groups is 1. The highest BCUT2D eigenvalue weighted by molar-refractivity contribution is 9.10. The van der Waals surface area contributed by atoms with Crippen LogP contribution in [0.5, 0.6) is 0 Å². The topological polar surface area (TPSA) is 77.5 Å². The molecule has 0 saturated carbocycles. The van der Waals surface area contributed by atoms with E-state index in [1.54, 1.807) is 23.7 Å². The Bertz CT molecular complexity index is 1060. The lowest BCUT2D eigenvalue weighted by Crippen LogP contribution is -2.13. The Labute approximate surface area is 147 Å². The van der Waals surface area contributed by atoms with Crippen LogP contribution in [0.25, 0.3) is 10.2 Å². The van der Waals surface area contributed by atoms with Gasteiger partial charge < -0.3 is 4.57 Å². The molecule has 1 heterocycles. The van der Waals surface area contributed by atoms with Crippen LogP contribution in [-0.4, -0.2) is 15.4 Å². The molecule has 0 bridgehead atoms. The van der Waals surface area contributed by atoms with Crippen molar-refractivity contribution in [3.63, 3.8) is 0 Å². The highest BCUT2D eigenvalue weighted by Gasteiger charge is 2.13. The molecule has 0 radical (unpaired) electrons. The molecule has 0 saturated heterocycles. The molecule has 122 valence electrons. The van der Waals surface area contributed by atoms with E-state index in [1.807, 2.05) is 0 Å². The summed E-state index contributed by atoms with van der Waals surface area (Å²) in [4.78, 5) is 26.8. The number of aromatic nitrogens is 1. The molecular weight excluding hydrogens is 401 g/mol. The molecule has 0 aliphatic rings. The van der Waals surface area contributed by atoms with E-state index in [4.69, 9.17) is 0 Å². The van der Waals surface area contributed by atoms with E-state index >= 15 is 0 Å². The molecule has 2 aromatic carbocycles. The number of carbonyl (C=O) groups is 1. The summed E-state index contributed by atoms with van der Waals surface area (Å²) in [6.07, 6.45) is 0.